The van der Waals surface area contributed by atoms with Gasteiger partial charge in [-0.05, 0) is 18.4 Å². The van der Waals surface area contributed by atoms with Crippen molar-refractivity contribution in [2.45, 2.75) is 5.88 Å². The number of hydrogen-bond donors (Lipinski definition) is 0. The summed E-state index contributed by atoms with van der Waals surface area (Å²) in [5.74, 6) is 0.598. The van der Waals surface area contributed by atoms with Crippen molar-refractivity contribution in [1.82, 2.24) is 14.2 Å². The van der Waals surface area contributed by atoms with Crippen molar-refractivity contribution in [3.8, 4) is 0 Å². The second-order valence-electron chi connectivity index (χ2n) is 2.63. The number of fused-ring (bicyclic) bond motifs is 1. The predicted molar refractivity (Wildman–Crippen MR) is 53.0 cm³/mol. The molecule has 13 heavy (non-hydrogen) atoms. The highest BCUT2D eigenvalue weighted by molar-refractivity contribution is 7.97. The molecule has 0 aliphatic carbocycles. The first-order chi connectivity index (χ1) is 6.33. The third-order valence-electron chi connectivity index (χ3n) is 1.74. The molecule has 4 nitrogen and oxygen atoms in total. The average Bonchev–Trinajstić information content (AvgIpc) is 2.46. The molecule has 0 saturated heterocycles. The van der Waals surface area contributed by atoms with Crippen LogP contribution in [0.4, 0.5) is 0 Å². The lowest BCUT2D eigenvalue weighted by molar-refractivity contribution is 0.718. The summed E-state index contributed by atoms with van der Waals surface area (Å²) in [6, 6.07) is 5.50. The normalized spacial score (nSPS) is 10.8. The molecule has 0 aliphatic rings. The number of pyridine rings is 1. The van der Waals surface area contributed by atoms with Gasteiger partial charge >= 0.3 is 5.69 Å². The molecule has 0 N–H and O–H groups in total. The van der Waals surface area contributed by atoms with Crippen molar-refractivity contribution in [2.75, 3.05) is 6.26 Å². The van der Waals surface area contributed by atoms with Crippen molar-refractivity contribution in [2.24, 2.45) is 0 Å². The highest BCUT2D eigenvalue weighted by Crippen LogP contribution is 1.98. The summed E-state index contributed by atoms with van der Waals surface area (Å²) in [4.78, 5) is 11.6. The third-order valence-corrected chi connectivity index (χ3v) is 2.24. The quantitative estimate of drug-likeness (QED) is 0.712. The second kappa shape index (κ2) is 3.26. The lowest BCUT2D eigenvalue weighted by Gasteiger charge is -1.90. The number of hydrogen-bond acceptors (Lipinski definition) is 3. The highest BCUT2D eigenvalue weighted by Gasteiger charge is 2.03. The zero-order valence-electron chi connectivity index (χ0n) is 7.17. The van der Waals surface area contributed by atoms with Gasteiger partial charge in [-0.1, -0.05) is 6.07 Å². The van der Waals surface area contributed by atoms with E-state index in [0.717, 1.165) is 0 Å². The van der Waals surface area contributed by atoms with Crippen LogP contribution < -0.4 is 5.69 Å². The van der Waals surface area contributed by atoms with Gasteiger partial charge in [-0.3, -0.25) is 4.40 Å². The summed E-state index contributed by atoms with van der Waals surface area (Å²) in [7, 11) is 0. The molecule has 2 rings (SSSR count). The lowest BCUT2D eigenvalue weighted by Crippen LogP contribution is -2.19. The van der Waals surface area contributed by atoms with E-state index in [1.807, 2.05) is 24.5 Å². The molecule has 0 aliphatic heterocycles. The van der Waals surface area contributed by atoms with Crippen molar-refractivity contribution in [3.05, 3.63) is 34.9 Å². The summed E-state index contributed by atoms with van der Waals surface area (Å²) in [5.41, 5.74) is 0.617. The SMILES string of the molecule is CSCn1nc2ccccn2c1=O. The fraction of sp³-hybridized carbons (Fsp3) is 0.250. The summed E-state index contributed by atoms with van der Waals surface area (Å²) < 4.78 is 3.00. The zero-order valence-corrected chi connectivity index (χ0v) is 7.99. The van der Waals surface area contributed by atoms with Gasteiger partial charge in [0.25, 0.3) is 0 Å². The van der Waals surface area contributed by atoms with E-state index >= 15 is 0 Å². The summed E-state index contributed by atoms with van der Waals surface area (Å²) in [5, 5.41) is 4.15. The molecular formula is C8H9N3OS. The Kier molecular flexibility index (Phi) is 2.10. The van der Waals surface area contributed by atoms with E-state index in [1.165, 1.54) is 9.08 Å². The molecule has 0 unspecified atom stereocenters. The van der Waals surface area contributed by atoms with Crippen LogP contribution in [-0.2, 0) is 5.88 Å². The molecule has 2 aromatic rings. The highest BCUT2D eigenvalue weighted by atomic mass is 32.2. The Labute approximate surface area is 79.2 Å². The first kappa shape index (κ1) is 8.37. The molecule has 0 radical (unpaired) electrons. The Hall–Kier alpha value is -1.23. The van der Waals surface area contributed by atoms with E-state index in [9.17, 15) is 4.79 Å². The van der Waals surface area contributed by atoms with Gasteiger partial charge in [0.05, 0.1) is 5.88 Å². The first-order valence-corrected chi connectivity index (χ1v) is 5.25. The Morgan fingerprint density at radius 3 is 3.08 bits per heavy atom. The van der Waals surface area contributed by atoms with Crippen molar-refractivity contribution >= 4 is 17.4 Å². The zero-order chi connectivity index (χ0) is 9.26. The first-order valence-electron chi connectivity index (χ1n) is 3.86. The van der Waals surface area contributed by atoms with E-state index in [1.54, 1.807) is 18.0 Å². The van der Waals surface area contributed by atoms with E-state index in [4.69, 9.17) is 0 Å². The van der Waals surface area contributed by atoms with Gasteiger partial charge in [-0.25, -0.2) is 9.48 Å². The predicted octanol–water partition coefficient (Wildman–Crippen LogP) is 0.816. The molecule has 0 atom stereocenters. The van der Waals surface area contributed by atoms with E-state index in [-0.39, 0.29) is 5.69 Å². The molecular weight excluding hydrogens is 186 g/mol. The van der Waals surface area contributed by atoms with Gasteiger partial charge in [0.2, 0.25) is 0 Å². The summed E-state index contributed by atoms with van der Waals surface area (Å²) >= 11 is 1.57. The molecule has 0 saturated carbocycles. The van der Waals surface area contributed by atoms with Crippen LogP contribution in [0.1, 0.15) is 0 Å². The standard InChI is InChI=1S/C8H9N3OS/c1-13-6-11-8(12)10-5-3-2-4-7(10)9-11/h2-5H,6H2,1H3. The molecule has 0 fully saturated rings. The smallest absolute Gasteiger partial charge is 0.250 e. The van der Waals surface area contributed by atoms with Gasteiger partial charge in [0.15, 0.2) is 5.65 Å². The lowest BCUT2D eigenvalue weighted by atomic mass is 10.5. The van der Waals surface area contributed by atoms with Crippen LogP contribution in [0.2, 0.25) is 0 Å². The minimum absolute atomic E-state index is 0.0787. The number of aromatic nitrogens is 3. The van der Waals surface area contributed by atoms with Gasteiger partial charge < -0.3 is 0 Å². The minimum Gasteiger partial charge on any atom is -0.250 e. The molecule has 0 aromatic carbocycles. The maximum Gasteiger partial charge on any atom is 0.351 e. The Morgan fingerprint density at radius 1 is 1.54 bits per heavy atom. The maximum atomic E-state index is 11.6. The molecule has 5 heteroatoms. The van der Waals surface area contributed by atoms with Crippen molar-refractivity contribution in [3.63, 3.8) is 0 Å². The fourth-order valence-corrected chi connectivity index (χ4v) is 1.59. The topological polar surface area (TPSA) is 39.3 Å². The molecule has 0 bridgehead atoms. The fourth-order valence-electron chi connectivity index (χ4n) is 1.17. The van der Waals surface area contributed by atoms with Crippen molar-refractivity contribution < 1.29 is 0 Å². The van der Waals surface area contributed by atoms with Crippen LogP contribution in [0.5, 0.6) is 0 Å². The van der Waals surface area contributed by atoms with Crippen LogP contribution in [0.3, 0.4) is 0 Å². The third kappa shape index (κ3) is 1.35. The van der Waals surface area contributed by atoms with Crippen LogP contribution in [-0.4, -0.2) is 20.4 Å². The van der Waals surface area contributed by atoms with Crippen LogP contribution in [0.15, 0.2) is 29.2 Å². The number of thioether (sulfide) groups is 1. The molecule has 0 spiro atoms. The number of nitrogens with zero attached hydrogens (tertiary/aromatic N) is 3. The Morgan fingerprint density at radius 2 is 2.38 bits per heavy atom. The molecule has 68 valence electrons. The average molecular weight is 195 g/mol. The van der Waals surface area contributed by atoms with Gasteiger partial charge in [0, 0.05) is 6.20 Å². The van der Waals surface area contributed by atoms with E-state index < -0.39 is 0 Å². The Balaban J connectivity index is 2.67. The van der Waals surface area contributed by atoms with E-state index in [0.29, 0.717) is 11.5 Å². The summed E-state index contributed by atoms with van der Waals surface area (Å²) in [6.45, 7) is 0. The van der Waals surface area contributed by atoms with Gasteiger partial charge in [-0.2, -0.15) is 0 Å². The molecule has 2 aromatic heterocycles. The number of rotatable bonds is 2. The molecule has 0 amide bonds. The Bertz CT molecular complexity index is 473. The minimum atomic E-state index is -0.0787. The van der Waals surface area contributed by atoms with Crippen LogP contribution in [0.25, 0.3) is 5.65 Å². The van der Waals surface area contributed by atoms with Crippen LogP contribution >= 0.6 is 11.8 Å². The van der Waals surface area contributed by atoms with Gasteiger partial charge in [0.1, 0.15) is 0 Å². The second-order valence-corrected chi connectivity index (χ2v) is 3.46. The summed E-state index contributed by atoms with van der Waals surface area (Å²) in [6.07, 6.45) is 3.66. The maximum absolute atomic E-state index is 11.6. The van der Waals surface area contributed by atoms with E-state index in [2.05, 4.69) is 5.10 Å². The van der Waals surface area contributed by atoms with Crippen molar-refractivity contribution in [1.29, 1.82) is 0 Å². The monoisotopic (exact) mass is 195 g/mol. The largest absolute Gasteiger partial charge is 0.351 e. The molecule has 2 heterocycles. The van der Waals surface area contributed by atoms with Crippen LogP contribution in [0, 0.1) is 0 Å². The van der Waals surface area contributed by atoms with Gasteiger partial charge in [-0.15, -0.1) is 16.9 Å².